The fourth-order valence-electron chi connectivity index (χ4n) is 1.22. The summed E-state index contributed by atoms with van der Waals surface area (Å²) in [5.74, 6) is -0.799. The Labute approximate surface area is 79.8 Å². The van der Waals surface area contributed by atoms with Crippen LogP contribution >= 0.6 is 0 Å². The van der Waals surface area contributed by atoms with E-state index in [0.717, 1.165) is 12.8 Å². The highest BCUT2D eigenvalue weighted by Crippen LogP contribution is 2.01. The monoisotopic (exact) mass is 185 g/mol. The van der Waals surface area contributed by atoms with Crippen molar-refractivity contribution in [2.45, 2.75) is 45.2 Å². The van der Waals surface area contributed by atoms with E-state index in [1.54, 1.807) is 6.08 Å². The molecule has 0 aliphatic rings. The summed E-state index contributed by atoms with van der Waals surface area (Å²) in [7, 11) is 0. The molecule has 1 atom stereocenters. The zero-order valence-electron chi connectivity index (χ0n) is 8.42. The van der Waals surface area contributed by atoms with Gasteiger partial charge in [0.2, 0.25) is 0 Å². The van der Waals surface area contributed by atoms with E-state index in [1.807, 2.05) is 13.8 Å². The molecule has 0 spiro atoms. The summed E-state index contributed by atoms with van der Waals surface area (Å²) in [4.78, 5) is 10.7. The molecule has 13 heavy (non-hydrogen) atoms. The lowest BCUT2D eigenvalue weighted by Crippen LogP contribution is -2.42. The van der Waals surface area contributed by atoms with Gasteiger partial charge in [0.1, 0.15) is 6.04 Å². The Morgan fingerprint density at radius 1 is 1.54 bits per heavy atom. The topological polar surface area (TPSA) is 49.3 Å². The van der Waals surface area contributed by atoms with Crippen molar-refractivity contribution in [1.29, 1.82) is 0 Å². The molecule has 0 aromatic carbocycles. The molecule has 0 rings (SSSR count). The predicted octanol–water partition coefficient (Wildman–Crippen LogP) is 1.79. The second-order valence-electron chi connectivity index (χ2n) is 3.10. The van der Waals surface area contributed by atoms with Crippen LogP contribution in [0, 0.1) is 0 Å². The average Bonchev–Trinajstić information content (AvgIpc) is 2.11. The van der Waals surface area contributed by atoms with Crippen LogP contribution in [0.3, 0.4) is 0 Å². The summed E-state index contributed by atoms with van der Waals surface area (Å²) >= 11 is 0. The van der Waals surface area contributed by atoms with E-state index in [0.29, 0.717) is 12.5 Å². The maximum absolute atomic E-state index is 10.7. The largest absolute Gasteiger partial charge is 0.480 e. The van der Waals surface area contributed by atoms with Gasteiger partial charge in [-0.2, -0.15) is 0 Å². The highest BCUT2D eigenvalue weighted by molar-refractivity contribution is 5.73. The van der Waals surface area contributed by atoms with E-state index >= 15 is 0 Å². The third-order valence-corrected chi connectivity index (χ3v) is 2.12. The molecule has 0 saturated carbocycles. The molecule has 0 aliphatic heterocycles. The molecule has 0 saturated heterocycles. The van der Waals surface area contributed by atoms with Crippen LogP contribution in [0.5, 0.6) is 0 Å². The molecule has 3 heteroatoms. The Kier molecular flexibility index (Phi) is 6.24. The van der Waals surface area contributed by atoms with Crippen molar-refractivity contribution >= 4 is 5.97 Å². The van der Waals surface area contributed by atoms with Crippen molar-refractivity contribution in [2.24, 2.45) is 0 Å². The van der Waals surface area contributed by atoms with Crippen molar-refractivity contribution < 1.29 is 9.90 Å². The fourth-order valence-corrected chi connectivity index (χ4v) is 1.22. The van der Waals surface area contributed by atoms with Gasteiger partial charge in [0.15, 0.2) is 0 Å². The van der Waals surface area contributed by atoms with Gasteiger partial charge in [-0.15, -0.1) is 6.58 Å². The third-order valence-electron chi connectivity index (χ3n) is 2.12. The molecule has 3 nitrogen and oxygen atoms in total. The minimum Gasteiger partial charge on any atom is -0.480 e. The maximum atomic E-state index is 10.7. The molecule has 0 aromatic heterocycles. The highest BCUT2D eigenvalue weighted by Gasteiger charge is 2.17. The molecular formula is C10H19NO2. The van der Waals surface area contributed by atoms with Crippen molar-refractivity contribution in [2.75, 3.05) is 0 Å². The minimum absolute atomic E-state index is 0.293. The lowest BCUT2D eigenvalue weighted by atomic mass is 10.1. The second-order valence-corrected chi connectivity index (χ2v) is 3.10. The van der Waals surface area contributed by atoms with E-state index < -0.39 is 12.0 Å². The number of rotatable bonds is 7. The Morgan fingerprint density at radius 2 is 2.08 bits per heavy atom. The number of hydrogen-bond donors (Lipinski definition) is 2. The van der Waals surface area contributed by atoms with Gasteiger partial charge in [-0.05, 0) is 19.3 Å². The van der Waals surface area contributed by atoms with Crippen LogP contribution in [0.2, 0.25) is 0 Å². The summed E-state index contributed by atoms with van der Waals surface area (Å²) in [5, 5.41) is 11.9. The fraction of sp³-hybridized carbons (Fsp3) is 0.700. The Hall–Kier alpha value is -0.830. The number of aliphatic carboxylic acids is 1. The number of carbonyl (C=O) groups is 1. The smallest absolute Gasteiger partial charge is 0.321 e. The number of carboxylic acid groups (broad SMARTS) is 1. The number of carboxylic acids is 1. The van der Waals surface area contributed by atoms with E-state index in [-0.39, 0.29) is 0 Å². The molecule has 0 amide bonds. The molecule has 0 aliphatic carbocycles. The molecule has 0 fully saturated rings. The van der Waals surface area contributed by atoms with Gasteiger partial charge in [0.05, 0.1) is 0 Å². The predicted molar refractivity (Wildman–Crippen MR) is 53.7 cm³/mol. The molecule has 0 radical (unpaired) electrons. The van der Waals surface area contributed by atoms with Crippen molar-refractivity contribution in [3.63, 3.8) is 0 Å². The zero-order chi connectivity index (χ0) is 10.3. The lowest BCUT2D eigenvalue weighted by Gasteiger charge is -2.19. The Balaban J connectivity index is 4.06. The summed E-state index contributed by atoms with van der Waals surface area (Å²) in [6.07, 6.45) is 4.02. The third kappa shape index (κ3) is 4.68. The van der Waals surface area contributed by atoms with Gasteiger partial charge >= 0.3 is 5.97 Å². The molecule has 0 bridgehead atoms. The van der Waals surface area contributed by atoms with Gasteiger partial charge in [0, 0.05) is 6.04 Å². The quantitative estimate of drug-likeness (QED) is 0.594. The SMILES string of the molecule is C=CCC(NC(CC)CC)C(=O)O. The molecule has 76 valence electrons. The van der Waals surface area contributed by atoms with Crippen molar-refractivity contribution in [3.8, 4) is 0 Å². The van der Waals surface area contributed by atoms with Gasteiger partial charge in [-0.25, -0.2) is 0 Å². The Morgan fingerprint density at radius 3 is 2.38 bits per heavy atom. The van der Waals surface area contributed by atoms with Crippen molar-refractivity contribution in [3.05, 3.63) is 12.7 Å². The molecule has 2 N–H and O–H groups in total. The normalized spacial score (nSPS) is 12.8. The first kappa shape index (κ1) is 12.2. The van der Waals surface area contributed by atoms with Gasteiger partial charge < -0.3 is 10.4 Å². The van der Waals surface area contributed by atoms with Crippen LogP contribution in [-0.2, 0) is 4.79 Å². The second kappa shape index (κ2) is 6.66. The van der Waals surface area contributed by atoms with Crippen LogP contribution in [0.1, 0.15) is 33.1 Å². The first-order chi connectivity index (χ1) is 6.15. The van der Waals surface area contributed by atoms with Crippen LogP contribution in [0.4, 0.5) is 0 Å². The van der Waals surface area contributed by atoms with Gasteiger partial charge in [-0.3, -0.25) is 4.79 Å². The molecular weight excluding hydrogens is 166 g/mol. The van der Waals surface area contributed by atoms with Crippen LogP contribution in [0.15, 0.2) is 12.7 Å². The summed E-state index contributed by atoms with van der Waals surface area (Å²) in [5.41, 5.74) is 0. The Bertz CT molecular complexity index is 164. The average molecular weight is 185 g/mol. The van der Waals surface area contributed by atoms with E-state index in [9.17, 15) is 4.79 Å². The van der Waals surface area contributed by atoms with Crippen LogP contribution < -0.4 is 5.32 Å². The maximum Gasteiger partial charge on any atom is 0.321 e. The number of nitrogens with one attached hydrogen (secondary N) is 1. The lowest BCUT2D eigenvalue weighted by molar-refractivity contribution is -0.139. The van der Waals surface area contributed by atoms with E-state index in [2.05, 4.69) is 11.9 Å². The van der Waals surface area contributed by atoms with Gasteiger partial charge in [-0.1, -0.05) is 19.9 Å². The zero-order valence-corrected chi connectivity index (χ0v) is 8.42. The first-order valence-electron chi connectivity index (χ1n) is 4.75. The standard InChI is InChI=1S/C10H19NO2/c1-4-7-9(10(12)13)11-8(5-2)6-3/h4,8-9,11H,1,5-7H2,2-3H3,(H,12,13). The van der Waals surface area contributed by atoms with Crippen LogP contribution in [0.25, 0.3) is 0 Å². The van der Waals surface area contributed by atoms with Gasteiger partial charge in [0.25, 0.3) is 0 Å². The summed E-state index contributed by atoms with van der Waals surface area (Å²) < 4.78 is 0. The first-order valence-corrected chi connectivity index (χ1v) is 4.75. The minimum atomic E-state index is -0.799. The summed E-state index contributed by atoms with van der Waals surface area (Å²) in [6.45, 7) is 7.64. The van der Waals surface area contributed by atoms with E-state index in [1.165, 1.54) is 0 Å². The number of hydrogen-bond acceptors (Lipinski definition) is 2. The van der Waals surface area contributed by atoms with Crippen molar-refractivity contribution in [1.82, 2.24) is 5.32 Å². The highest BCUT2D eigenvalue weighted by atomic mass is 16.4. The molecule has 0 aromatic rings. The molecule has 1 unspecified atom stereocenters. The summed E-state index contributed by atoms with van der Waals surface area (Å²) in [6, 6.07) is -0.191. The molecule has 0 heterocycles. The van der Waals surface area contributed by atoms with E-state index in [4.69, 9.17) is 5.11 Å². The van der Waals surface area contributed by atoms with Crippen LogP contribution in [-0.4, -0.2) is 23.2 Å².